The number of aryl methyl sites for hydroxylation is 1. The number of hydrogen-bond donors (Lipinski definition) is 1. The Kier molecular flexibility index (Phi) is 5.28. The number of piperidine rings is 1. The van der Waals surface area contributed by atoms with Gasteiger partial charge in [-0.3, -0.25) is 4.79 Å². The Morgan fingerprint density at radius 3 is 2.90 bits per heavy atom. The Labute approximate surface area is 186 Å². The highest BCUT2D eigenvalue weighted by molar-refractivity contribution is 6.30. The first-order valence-corrected chi connectivity index (χ1v) is 11.0. The fourth-order valence-electron chi connectivity index (χ4n) is 4.29. The molecule has 0 saturated carbocycles. The molecule has 6 heteroatoms. The van der Waals surface area contributed by atoms with Gasteiger partial charge in [0.1, 0.15) is 11.5 Å². The molecule has 1 atom stereocenters. The third kappa shape index (κ3) is 4.23. The van der Waals surface area contributed by atoms with Gasteiger partial charge in [0.2, 0.25) is 0 Å². The Morgan fingerprint density at radius 2 is 2.06 bits per heavy atom. The molecule has 4 aromatic rings. The number of hydrogen-bond acceptors (Lipinski definition) is 3. The number of benzene rings is 2. The maximum absolute atomic E-state index is 13.1. The molecule has 1 aliphatic rings. The average molecular weight is 434 g/mol. The minimum Gasteiger partial charge on any atom is -0.445 e. The molecule has 2 aromatic carbocycles. The van der Waals surface area contributed by atoms with Crippen LogP contribution in [-0.2, 0) is 6.42 Å². The predicted molar refractivity (Wildman–Crippen MR) is 122 cm³/mol. The average Bonchev–Trinajstić information content (AvgIpc) is 3.42. The normalized spacial score (nSPS) is 16.7. The lowest BCUT2D eigenvalue weighted by molar-refractivity contribution is 0.0693. The van der Waals surface area contributed by atoms with E-state index in [1.165, 1.54) is 5.56 Å². The topological polar surface area (TPSA) is 62.1 Å². The maximum atomic E-state index is 13.1. The van der Waals surface area contributed by atoms with Crippen LogP contribution in [0, 0.1) is 6.92 Å². The first kappa shape index (κ1) is 19.9. The highest BCUT2D eigenvalue weighted by Crippen LogP contribution is 2.29. The highest BCUT2D eigenvalue weighted by atomic mass is 35.5. The summed E-state index contributed by atoms with van der Waals surface area (Å²) in [6, 6.07) is 15.9. The van der Waals surface area contributed by atoms with Crippen molar-refractivity contribution < 1.29 is 9.21 Å². The van der Waals surface area contributed by atoms with Crippen molar-refractivity contribution in [2.75, 3.05) is 13.1 Å². The molecule has 2 aromatic heterocycles. The molecule has 1 N–H and O–H groups in total. The van der Waals surface area contributed by atoms with Crippen LogP contribution in [0.2, 0.25) is 5.02 Å². The number of aromatic nitrogens is 2. The van der Waals surface area contributed by atoms with Gasteiger partial charge < -0.3 is 14.3 Å². The summed E-state index contributed by atoms with van der Waals surface area (Å²) in [4.78, 5) is 22.9. The largest absolute Gasteiger partial charge is 0.445 e. The Morgan fingerprint density at radius 1 is 1.23 bits per heavy atom. The van der Waals surface area contributed by atoms with Crippen LogP contribution in [-0.4, -0.2) is 33.9 Å². The van der Waals surface area contributed by atoms with Gasteiger partial charge in [-0.1, -0.05) is 35.9 Å². The van der Waals surface area contributed by atoms with E-state index in [1.54, 1.807) is 6.20 Å². The molecular formula is C25H24ClN3O2. The fraction of sp³-hybridized carbons (Fsp3) is 0.280. The summed E-state index contributed by atoms with van der Waals surface area (Å²) < 4.78 is 6.06. The standard InChI is InChI=1S/C25H24ClN3O2/c1-16-4-7-18-13-23(28-22(18)11-16)25(30)29-10-2-3-19(15-29)24-27-14-21(31-24)12-17-5-8-20(26)9-6-17/h4-9,11,13-14,19,28H,2-3,10,12,15H2,1H3. The van der Waals surface area contributed by atoms with Crippen LogP contribution in [0.1, 0.15) is 52.0 Å². The van der Waals surface area contributed by atoms with Crippen LogP contribution >= 0.6 is 11.6 Å². The van der Waals surface area contributed by atoms with Gasteiger partial charge in [0.05, 0.1) is 12.1 Å². The molecule has 0 bridgehead atoms. The van der Waals surface area contributed by atoms with Gasteiger partial charge in [-0.05, 0) is 55.2 Å². The van der Waals surface area contributed by atoms with Gasteiger partial charge in [-0.2, -0.15) is 0 Å². The number of carbonyl (C=O) groups excluding carboxylic acids is 1. The number of halogens is 1. The Hall–Kier alpha value is -3.05. The Balaban J connectivity index is 1.29. The minimum absolute atomic E-state index is 0.0338. The van der Waals surface area contributed by atoms with Crippen LogP contribution in [0.3, 0.4) is 0 Å². The quantitative estimate of drug-likeness (QED) is 0.447. The van der Waals surface area contributed by atoms with E-state index in [4.69, 9.17) is 16.0 Å². The van der Waals surface area contributed by atoms with Crippen LogP contribution in [0.5, 0.6) is 0 Å². The molecule has 0 aliphatic carbocycles. The van der Waals surface area contributed by atoms with Gasteiger partial charge in [0.15, 0.2) is 5.89 Å². The summed E-state index contributed by atoms with van der Waals surface area (Å²) in [5.41, 5.74) is 3.93. The SMILES string of the molecule is Cc1ccc2cc(C(=O)N3CCCC(c4ncc(Cc5ccc(Cl)cc5)o4)C3)[nH]c2c1. The lowest BCUT2D eigenvalue weighted by Gasteiger charge is -2.31. The molecule has 5 rings (SSSR count). The van der Waals surface area contributed by atoms with E-state index in [0.29, 0.717) is 24.6 Å². The zero-order chi connectivity index (χ0) is 21.4. The van der Waals surface area contributed by atoms with Gasteiger partial charge >= 0.3 is 0 Å². The van der Waals surface area contributed by atoms with E-state index >= 15 is 0 Å². The van der Waals surface area contributed by atoms with Gasteiger partial charge in [-0.25, -0.2) is 4.98 Å². The minimum atomic E-state index is 0.0338. The molecule has 158 valence electrons. The van der Waals surface area contributed by atoms with Crippen molar-refractivity contribution in [2.24, 2.45) is 0 Å². The maximum Gasteiger partial charge on any atom is 0.270 e. The summed E-state index contributed by atoms with van der Waals surface area (Å²) in [7, 11) is 0. The molecular weight excluding hydrogens is 410 g/mol. The number of amides is 1. The molecule has 0 radical (unpaired) electrons. The number of carbonyl (C=O) groups is 1. The van der Waals surface area contributed by atoms with Gasteiger partial charge in [0.25, 0.3) is 5.91 Å². The van der Waals surface area contributed by atoms with E-state index < -0.39 is 0 Å². The number of likely N-dealkylation sites (tertiary alicyclic amines) is 1. The van der Waals surface area contributed by atoms with Crippen molar-refractivity contribution in [1.82, 2.24) is 14.9 Å². The molecule has 0 spiro atoms. The smallest absolute Gasteiger partial charge is 0.270 e. The van der Waals surface area contributed by atoms with E-state index in [0.717, 1.165) is 46.6 Å². The van der Waals surface area contributed by atoms with Crippen LogP contribution < -0.4 is 0 Å². The van der Waals surface area contributed by atoms with E-state index in [-0.39, 0.29) is 11.8 Å². The predicted octanol–water partition coefficient (Wildman–Crippen LogP) is 5.73. The number of fused-ring (bicyclic) bond motifs is 1. The molecule has 1 saturated heterocycles. The monoisotopic (exact) mass is 433 g/mol. The molecule has 31 heavy (non-hydrogen) atoms. The van der Waals surface area contributed by atoms with E-state index in [2.05, 4.69) is 29.0 Å². The number of H-pyrrole nitrogens is 1. The summed E-state index contributed by atoms with van der Waals surface area (Å²) in [5, 5.41) is 1.78. The second kappa shape index (κ2) is 8.23. The summed E-state index contributed by atoms with van der Waals surface area (Å²) >= 11 is 5.96. The van der Waals surface area contributed by atoms with Gasteiger partial charge in [-0.15, -0.1) is 0 Å². The molecule has 3 heterocycles. The summed E-state index contributed by atoms with van der Waals surface area (Å²) in [5.74, 6) is 1.69. The first-order chi connectivity index (χ1) is 15.0. The number of nitrogens with one attached hydrogen (secondary N) is 1. The van der Waals surface area contributed by atoms with Crippen molar-refractivity contribution in [3.8, 4) is 0 Å². The fourth-order valence-corrected chi connectivity index (χ4v) is 4.41. The third-order valence-electron chi connectivity index (χ3n) is 5.93. The summed E-state index contributed by atoms with van der Waals surface area (Å²) in [6.07, 6.45) is 4.37. The van der Waals surface area contributed by atoms with Crippen LogP contribution in [0.15, 0.2) is 59.1 Å². The first-order valence-electron chi connectivity index (χ1n) is 10.6. The molecule has 1 fully saturated rings. The lowest BCUT2D eigenvalue weighted by atomic mass is 9.97. The number of oxazole rings is 1. The van der Waals surface area contributed by atoms with Crippen molar-refractivity contribution in [3.05, 3.63) is 88.2 Å². The zero-order valence-electron chi connectivity index (χ0n) is 17.4. The van der Waals surface area contributed by atoms with Crippen molar-refractivity contribution in [3.63, 3.8) is 0 Å². The number of aromatic amines is 1. The van der Waals surface area contributed by atoms with Crippen LogP contribution in [0.25, 0.3) is 10.9 Å². The molecule has 1 unspecified atom stereocenters. The number of nitrogens with zero attached hydrogens (tertiary/aromatic N) is 2. The van der Waals surface area contributed by atoms with Crippen molar-refractivity contribution >= 4 is 28.4 Å². The van der Waals surface area contributed by atoms with Crippen molar-refractivity contribution in [1.29, 1.82) is 0 Å². The molecule has 5 nitrogen and oxygen atoms in total. The van der Waals surface area contributed by atoms with E-state index in [9.17, 15) is 4.79 Å². The lowest BCUT2D eigenvalue weighted by Crippen LogP contribution is -2.39. The molecule has 1 amide bonds. The number of rotatable bonds is 4. The van der Waals surface area contributed by atoms with Gasteiger partial charge in [0, 0.05) is 35.4 Å². The second-order valence-electron chi connectivity index (χ2n) is 8.33. The second-order valence-corrected chi connectivity index (χ2v) is 8.77. The summed E-state index contributed by atoms with van der Waals surface area (Å²) in [6.45, 7) is 3.42. The van der Waals surface area contributed by atoms with Crippen molar-refractivity contribution in [2.45, 2.75) is 32.1 Å². The zero-order valence-corrected chi connectivity index (χ0v) is 18.2. The van der Waals surface area contributed by atoms with E-state index in [1.807, 2.05) is 41.3 Å². The highest BCUT2D eigenvalue weighted by Gasteiger charge is 2.29. The molecule has 1 aliphatic heterocycles. The third-order valence-corrected chi connectivity index (χ3v) is 6.18. The van der Waals surface area contributed by atoms with Crippen LogP contribution in [0.4, 0.5) is 0 Å². The Bertz CT molecular complexity index is 1230.